The van der Waals surface area contributed by atoms with Gasteiger partial charge in [0, 0.05) is 32.7 Å². The van der Waals surface area contributed by atoms with Gasteiger partial charge in [0.2, 0.25) is 0 Å². The fourth-order valence-electron chi connectivity index (χ4n) is 2.93. The molecule has 0 aliphatic carbocycles. The Morgan fingerprint density at radius 1 is 1.09 bits per heavy atom. The molecule has 5 heteroatoms. The van der Waals surface area contributed by atoms with E-state index in [4.69, 9.17) is 0 Å². The first-order chi connectivity index (χ1) is 11.2. The van der Waals surface area contributed by atoms with Crippen molar-refractivity contribution in [2.24, 2.45) is 0 Å². The van der Waals surface area contributed by atoms with Crippen molar-refractivity contribution in [3.05, 3.63) is 35.6 Å². The van der Waals surface area contributed by atoms with Crippen LogP contribution in [0.5, 0.6) is 0 Å². The topological polar surface area (TPSA) is 35.6 Å². The molecule has 23 heavy (non-hydrogen) atoms. The lowest BCUT2D eigenvalue weighted by atomic mass is 10.1. The minimum absolute atomic E-state index is 0.0615. The van der Waals surface area contributed by atoms with Crippen LogP contribution in [0.25, 0.3) is 0 Å². The van der Waals surface area contributed by atoms with Crippen LogP contribution in [0.4, 0.5) is 9.18 Å². The van der Waals surface area contributed by atoms with E-state index in [1.165, 1.54) is 30.5 Å². The van der Waals surface area contributed by atoms with Gasteiger partial charge in [0.15, 0.2) is 0 Å². The molecule has 1 aromatic rings. The number of rotatable bonds is 7. The number of hydrogen-bond acceptors (Lipinski definition) is 2. The SMILES string of the molecule is CCNC(=O)N1CCN(CCCCCc2ccc(F)cc2)CC1. The molecule has 0 bridgehead atoms. The van der Waals surface area contributed by atoms with Gasteiger partial charge in [-0.3, -0.25) is 4.90 Å². The smallest absolute Gasteiger partial charge is 0.317 e. The van der Waals surface area contributed by atoms with Crippen molar-refractivity contribution < 1.29 is 9.18 Å². The van der Waals surface area contributed by atoms with Crippen LogP contribution in [-0.4, -0.2) is 55.1 Å². The van der Waals surface area contributed by atoms with Gasteiger partial charge < -0.3 is 10.2 Å². The number of aryl methyl sites for hydroxylation is 1. The zero-order chi connectivity index (χ0) is 16.5. The molecule has 1 N–H and O–H groups in total. The van der Waals surface area contributed by atoms with Gasteiger partial charge in [-0.2, -0.15) is 0 Å². The summed E-state index contributed by atoms with van der Waals surface area (Å²) in [5.41, 5.74) is 1.21. The summed E-state index contributed by atoms with van der Waals surface area (Å²) in [7, 11) is 0. The highest BCUT2D eigenvalue weighted by Crippen LogP contribution is 2.09. The lowest BCUT2D eigenvalue weighted by Gasteiger charge is -2.34. The van der Waals surface area contributed by atoms with Gasteiger partial charge in [-0.1, -0.05) is 18.6 Å². The minimum atomic E-state index is -0.166. The van der Waals surface area contributed by atoms with Crippen LogP contribution in [0.2, 0.25) is 0 Å². The molecule has 0 saturated carbocycles. The van der Waals surface area contributed by atoms with Crippen LogP contribution in [0.1, 0.15) is 31.7 Å². The van der Waals surface area contributed by atoms with E-state index in [2.05, 4.69) is 10.2 Å². The second kappa shape index (κ2) is 9.50. The van der Waals surface area contributed by atoms with Crippen LogP contribution in [0, 0.1) is 5.82 Å². The number of nitrogens with one attached hydrogen (secondary N) is 1. The Labute approximate surface area is 138 Å². The Hall–Kier alpha value is -1.62. The largest absolute Gasteiger partial charge is 0.338 e. The first-order valence-electron chi connectivity index (χ1n) is 8.68. The second-order valence-corrected chi connectivity index (χ2v) is 6.10. The molecule has 1 heterocycles. The van der Waals surface area contributed by atoms with E-state index in [0.29, 0.717) is 6.54 Å². The molecule has 1 saturated heterocycles. The van der Waals surface area contributed by atoms with Crippen LogP contribution in [0.15, 0.2) is 24.3 Å². The standard InChI is InChI=1S/C18H28FN3O/c1-2-20-18(23)22-14-12-21(13-15-22)11-5-3-4-6-16-7-9-17(19)10-8-16/h7-10H,2-6,11-15H2,1H3,(H,20,23). The van der Waals surface area contributed by atoms with E-state index >= 15 is 0 Å². The Bertz CT molecular complexity index is 470. The Morgan fingerprint density at radius 3 is 2.43 bits per heavy atom. The maximum absolute atomic E-state index is 12.8. The number of unbranched alkanes of at least 4 members (excludes halogenated alkanes) is 2. The number of halogens is 1. The molecule has 1 aromatic carbocycles. The maximum atomic E-state index is 12.8. The average molecular weight is 321 g/mol. The van der Waals surface area contributed by atoms with E-state index in [1.807, 2.05) is 24.0 Å². The summed E-state index contributed by atoms with van der Waals surface area (Å²) in [6, 6.07) is 6.87. The summed E-state index contributed by atoms with van der Waals surface area (Å²) in [5.74, 6) is -0.166. The van der Waals surface area contributed by atoms with Gasteiger partial charge in [-0.15, -0.1) is 0 Å². The number of carbonyl (C=O) groups is 1. The van der Waals surface area contributed by atoms with Gasteiger partial charge in [0.05, 0.1) is 0 Å². The van der Waals surface area contributed by atoms with Crippen molar-refractivity contribution in [3.63, 3.8) is 0 Å². The van der Waals surface area contributed by atoms with Gasteiger partial charge in [-0.05, 0) is 50.4 Å². The molecule has 128 valence electrons. The molecule has 0 radical (unpaired) electrons. The molecule has 1 aliphatic rings. The summed E-state index contributed by atoms with van der Waals surface area (Å²) in [4.78, 5) is 16.1. The molecule has 2 amide bonds. The maximum Gasteiger partial charge on any atom is 0.317 e. The van der Waals surface area contributed by atoms with Crippen molar-refractivity contribution in [1.29, 1.82) is 0 Å². The lowest BCUT2D eigenvalue weighted by Crippen LogP contribution is -2.51. The second-order valence-electron chi connectivity index (χ2n) is 6.10. The molecular formula is C18H28FN3O. The molecule has 1 aliphatic heterocycles. The van der Waals surface area contributed by atoms with Crippen LogP contribution < -0.4 is 5.32 Å². The van der Waals surface area contributed by atoms with Gasteiger partial charge in [0.25, 0.3) is 0 Å². The molecular weight excluding hydrogens is 293 g/mol. The van der Waals surface area contributed by atoms with Crippen LogP contribution in [0.3, 0.4) is 0 Å². The van der Waals surface area contributed by atoms with E-state index in [1.54, 1.807) is 0 Å². The number of carbonyl (C=O) groups excluding carboxylic acids is 1. The third-order valence-corrected chi connectivity index (χ3v) is 4.34. The number of hydrogen-bond donors (Lipinski definition) is 1. The minimum Gasteiger partial charge on any atom is -0.338 e. The molecule has 4 nitrogen and oxygen atoms in total. The summed E-state index contributed by atoms with van der Waals surface area (Å²) in [6.45, 7) is 7.31. The van der Waals surface area contributed by atoms with E-state index < -0.39 is 0 Å². The highest BCUT2D eigenvalue weighted by Gasteiger charge is 2.19. The van der Waals surface area contributed by atoms with Crippen molar-refractivity contribution in [3.8, 4) is 0 Å². The monoisotopic (exact) mass is 321 g/mol. The third-order valence-electron chi connectivity index (χ3n) is 4.34. The Balaban J connectivity index is 1.54. The molecule has 0 unspecified atom stereocenters. The zero-order valence-corrected chi connectivity index (χ0v) is 14.1. The summed E-state index contributed by atoms with van der Waals surface area (Å²) in [6.07, 6.45) is 4.53. The summed E-state index contributed by atoms with van der Waals surface area (Å²) < 4.78 is 12.8. The molecule has 0 spiro atoms. The number of piperazine rings is 1. The first-order valence-corrected chi connectivity index (χ1v) is 8.68. The Morgan fingerprint density at radius 2 is 1.78 bits per heavy atom. The van der Waals surface area contributed by atoms with Crippen molar-refractivity contribution in [2.45, 2.75) is 32.6 Å². The van der Waals surface area contributed by atoms with Gasteiger partial charge in [-0.25, -0.2) is 9.18 Å². The van der Waals surface area contributed by atoms with Crippen molar-refractivity contribution in [2.75, 3.05) is 39.3 Å². The quantitative estimate of drug-likeness (QED) is 0.784. The normalized spacial score (nSPS) is 15.7. The van der Waals surface area contributed by atoms with E-state index in [0.717, 1.165) is 45.6 Å². The van der Waals surface area contributed by atoms with Crippen molar-refractivity contribution >= 4 is 6.03 Å². The number of benzene rings is 1. The predicted molar refractivity (Wildman–Crippen MR) is 91.0 cm³/mol. The number of urea groups is 1. The highest BCUT2D eigenvalue weighted by molar-refractivity contribution is 5.74. The lowest BCUT2D eigenvalue weighted by molar-refractivity contribution is 0.138. The van der Waals surface area contributed by atoms with Gasteiger partial charge in [0.1, 0.15) is 5.82 Å². The predicted octanol–water partition coefficient (Wildman–Crippen LogP) is 2.89. The molecule has 0 aromatic heterocycles. The highest BCUT2D eigenvalue weighted by atomic mass is 19.1. The molecule has 1 fully saturated rings. The van der Waals surface area contributed by atoms with Crippen molar-refractivity contribution in [1.82, 2.24) is 15.1 Å². The van der Waals surface area contributed by atoms with Crippen LogP contribution in [-0.2, 0) is 6.42 Å². The molecule has 0 atom stereocenters. The summed E-state index contributed by atoms with van der Waals surface area (Å²) >= 11 is 0. The zero-order valence-electron chi connectivity index (χ0n) is 14.1. The Kier molecular flexibility index (Phi) is 7.33. The number of nitrogens with zero attached hydrogens (tertiary/aromatic N) is 2. The fraction of sp³-hybridized carbons (Fsp3) is 0.611. The van der Waals surface area contributed by atoms with E-state index in [9.17, 15) is 9.18 Å². The summed E-state index contributed by atoms with van der Waals surface area (Å²) in [5, 5.41) is 2.85. The fourth-order valence-corrected chi connectivity index (χ4v) is 2.93. The third kappa shape index (κ3) is 6.18. The number of amides is 2. The molecule has 2 rings (SSSR count). The average Bonchev–Trinajstić information content (AvgIpc) is 2.57. The van der Waals surface area contributed by atoms with E-state index in [-0.39, 0.29) is 11.8 Å². The first kappa shape index (κ1) is 17.7. The van der Waals surface area contributed by atoms with Gasteiger partial charge >= 0.3 is 6.03 Å². The van der Waals surface area contributed by atoms with Crippen LogP contribution >= 0.6 is 0 Å².